The standard InChI is InChI=1S/C29H39N5O7/c1-17(2)14-22(32-26(37)21(30)12-13-25(31)36)27(38)33-23(15-19-8-10-20(35)11-9-19)28(39)34-24(29(40)41)16-18-6-4-3-5-7-18/h3-11,17,21-24,35H,12-16,30H2,1-2H3,(H2,31,36)(H,32,37)(H,33,38)(H,34,39)(H,40,41). The van der Waals surface area contributed by atoms with Crippen molar-refractivity contribution in [3.05, 3.63) is 65.7 Å². The van der Waals surface area contributed by atoms with Crippen LogP contribution in [-0.2, 0) is 36.8 Å². The number of amides is 4. The lowest BCUT2D eigenvalue weighted by atomic mass is 10.00. The highest BCUT2D eigenvalue weighted by atomic mass is 16.4. The molecule has 4 unspecified atom stereocenters. The molecule has 0 aliphatic heterocycles. The van der Waals surface area contributed by atoms with Gasteiger partial charge in [0.25, 0.3) is 0 Å². The van der Waals surface area contributed by atoms with E-state index >= 15 is 0 Å². The number of benzene rings is 2. The Kier molecular flexibility index (Phi) is 12.8. The van der Waals surface area contributed by atoms with Gasteiger partial charge in [-0.2, -0.15) is 0 Å². The third kappa shape index (κ3) is 11.7. The smallest absolute Gasteiger partial charge is 0.326 e. The van der Waals surface area contributed by atoms with E-state index in [9.17, 15) is 34.2 Å². The molecular weight excluding hydrogens is 530 g/mol. The first-order chi connectivity index (χ1) is 19.3. The molecule has 12 nitrogen and oxygen atoms in total. The number of nitrogens with one attached hydrogen (secondary N) is 3. The molecule has 222 valence electrons. The largest absolute Gasteiger partial charge is 0.508 e. The van der Waals surface area contributed by atoms with E-state index in [-0.39, 0.29) is 43.8 Å². The normalized spacial score (nSPS) is 13.9. The minimum atomic E-state index is -1.27. The van der Waals surface area contributed by atoms with Crippen molar-refractivity contribution in [2.75, 3.05) is 0 Å². The van der Waals surface area contributed by atoms with Crippen molar-refractivity contribution in [3.8, 4) is 5.75 Å². The summed E-state index contributed by atoms with van der Waals surface area (Å²) in [5.41, 5.74) is 12.3. The minimum Gasteiger partial charge on any atom is -0.508 e. The Balaban J connectivity index is 2.25. The minimum absolute atomic E-state index is 0.00105. The summed E-state index contributed by atoms with van der Waals surface area (Å²) in [5, 5.41) is 27.2. The molecule has 0 aliphatic rings. The fourth-order valence-electron chi connectivity index (χ4n) is 4.08. The number of rotatable bonds is 16. The first-order valence-corrected chi connectivity index (χ1v) is 13.3. The van der Waals surface area contributed by atoms with Gasteiger partial charge in [0.15, 0.2) is 0 Å². The summed E-state index contributed by atoms with van der Waals surface area (Å²) in [5.74, 6) is -3.92. The number of carboxylic acid groups (broad SMARTS) is 1. The van der Waals surface area contributed by atoms with Crippen molar-refractivity contribution in [1.29, 1.82) is 0 Å². The lowest BCUT2D eigenvalue weighted by Crippen LogP contribution is -2.58. The van der Waals surface area contributed by atoms with Crippen molar-refractivity contribution in [2.24, 2.45) is 17.4 Å². The molecule has 0 radical (unpaired) electrons. The Morgan fingerprint density at radius 2 is 1.27 bits per heavy atom. The van der Waals surface area contributed by atoms with E-state index in [0.717, 1.165) is 0 Å². The van der Waals surface area contributed by atoms with Crippen LogP contribution in [-0.4, -0.2) is 64.0 Å². The molecule has 2 aromatic carbocycles. The molecule has 9 N–H and O–H groups in total. The van der Waals surface area contributed by atoms with Gasteiger partial charge < -0.3 is 37.6 Å². The summed E-state index contributed by atoms with van der Waals surface area (Å²) < 4.78 is 0. The highest BCUT2D eigenvalue weighted by molar-refractivity contribution is 5.94. The molecule has 0 saturated heterocycles. The van der Waals surface area contributed by atoms with Gasteiger partial charge in [0.05, 0.1) is 6.04 Å². The number of hydrogen-bond acceptors (Lipinski definition) is 7. The van der Waals surface area contributed by atoms with Crippen LogP contribution in [0.5, 0.6) is 5.75 Å². The predicted molar refractivity (Wildman–Crippen MR) is 151 cm³/mol. The number of aliphatic carboxylic acids is 1. The summed E-state index contributed by atoms with van der Waals surface area (Å²) in [6, 6.07) is 10.2. The van der Waals surface area contributed by atoms with Crippen molar-refractivity contribution < 1.29 is 34.2 Å². The first kappa shape index (κ1) is 32.8. The topological polar surface area (TPSA) is 214 Å². The van der Waals surface area contributed by atoms with Crippen LogP contribution in [0.3, 0.4) is 0 Å². The monoisotopic (exact) mass is 569 g/mol. The number of aromatic hydroxyl groups is 1. The van der Waals surface area contributed by atoms with Gasteiger partial charge in [-0.1, -0.05) is 56.3 Å². The highest BCUT2D eigenvalue weighted by Gasteiger charge is 2.31. The zero-order valence-electron chi connectivity index (χ0n) is 23.2. The Labute approximate surface area is 238 Å². The number of phenolic OH excluding ortho intramolecular Hbond substituents is 1. The van der Waals surface area contributed by atoms with Crippen molar-refractivity contribution in [3.63, 3.8) is 0 Å². The highest BCUT2D eigenvalue weighted by Crippen LogP contribution is 2.13. The third-order valence-electron chi connectivity index (χ3n) is 6.28. The molecular formula is C29H39N5O7. The molecule has 2 rings (SSSR count). The van der Waals surface area contributed by atoms with E-state index in [1.54, 1.807) is 42.5 Å². The van der Waals surface area contributed by atoms with E-state index in [1.165, 1.54) is 12.1 Å². The second-order valence-corrected chi connectivity index (χ2v) is 10.3. The zero-order chi connectivity index (χ0) is 30.5. The molecule has 0 aliphatic carbocycles. The van der Waals surface area contributed by atoms with Crippen LogP contribution in [0, 0.1) is 5.92 Å². The molecule has 0 saturated carbocycles. The zero-order valence-corrected chi connectivity index (χ0v) is 23.2. The summed E-state index contributed by atoms with van der Waals surface area (Å²) >= 11 is 0. The van der Waals surface area contributed by atoms with Crippen LogP contribution >= 0.6 is 0 Å². The van der Waals surface area contributed by atoms with Gasteiger partial charge in [-0.15, -0.1) is 0 Å². The van der Waals surface area contributed by atoms with Crippen LogP contribution in [0.15, 0.2) is 54.6 Å². The number of carbonyl (C=O) groups excluding carboxylic acids is 4. The van der Waals surface area contributed by atoms with Crippen molar-refractivity contribution in [2.45, 2.75) is 70.1 Å². The maximum atomic E-state index is 13.4. The van der Waals surface area contributed by atoms with Crippen molar-refractivity contribution in [1.82, 2.24) is 16.0 Å². The first-order valence-electron chi connectivity index (χ1n) is 13.3. The molecule has 4 amide bonds. The molecule has 2 aromatic rings. The van der Waals surface area contributed by atoms with Crippen LogP contribution in [0.2, 0.25) is 0 Å². The molecule has 0 heterocycles. The van der Waals surface area contributed by atoms with Gasteiger partial charge in [0.2, 0.25) is 23.6 Å². The van der Waals surface area contributed by atoms with Crippen LogP contribution in [0.25, 0.3) is 0 Å². The Hall–Kier alpha value is -4.45. The van der Waals surface area contributed by atoms with Gasteiger partial charge in [0, 0.05) is 19.3 Å². The second kappa shape index (κ2) is 16.0. The number of carboxylic acids is 1. The SMILES string of the molecule is CC(C)CC(NC(=O)C(N)CCC(N)=O)C(=O)NC(Cc1ccc(O)cc1)C(=O)NC(Cc1ccccc1)C(=O)O. The fraction of sp³-hybridized carbons (Fsp3) is 0.414. The molecule has 0 spiro atoms. The number of carbonyl (C=O) groups is 5. The number of nitrogens with two attached hydrogens (primary N) is 2. The van der Waals surface area contributed by atoms with E-state index in [4.69, 9.17) is 11.5 Å². The van der Waals surface area contributed by atoms with Crippen LogP contribution in [0.1, 0.15) is 44.2 Å². The molecule has 41 heavy (non-hydrogen) atoms. The maximum absolute atomic E-state index is 13.4. The molecule has 4 atom stereocenters. The van der Waals surface area contributed by atoms with Crippen LogP contribution in [0.4, 0.5) is 0 Å². The van der Waals surface area contributed by atoms with Gasteiger partial charge in [-0.25, -0.2) is 4.79 Å². The predicted octanol–water partition coefficient (Wildman–Crippen LogP) is 0.355. The lowest BCUT2D eigenvalue weighted by molar-refractivity contribution is -0.142. The number of phenols is 1. The second-order valence-electron chi connectivity index (χ2n) is 10.3. The van der Waals surface area contributed by atoms with Gasteiger partial charge >= 0.3 is 5.97 Å². The van der Waals surface area contributed by atoms with Crippen LogP contribution < -0.4 is 27.4 Å². The average molecular weight is 570 g/mol. The molecule has 0 fully saturated rings. The van der Waals surface area contributed by atoms with E-state index in [0.29, 0.717) is 11.1 Å². The molecule has 12 heteroatoms. The Bertz CT molecular complexity index is 1190. The van der Waals surface area contributed by atoms with Gasteiger partial charge in [0.1, 0.15) is 23.9 Å². The fourth-order valence-corrected chi connectivity index (χ4v) is 4.08. The summed E-state index contributed by atoms with van der Waals surface area (Å²) in [4.78, 5) is 62.5. The molecule has 0 bridgehead atoms. The maximum Gasteiger partial charge on any atom is 0.326 e. The average Bonchev–Trinajstić information content (AvgIpc) is 2.91. The van der Waals surface area contributed by atoms with Gasteiger partial charge in [-0.05, 0) is 42.0 Å². The quantitative estimate of drug-likeness (QED) is 0.149. The number of primary amides is 1. The third-order valence-corrected chi connectivity index (χ3v) is 6.28. The van der Waals surface area contributed by atoms with Crippen molar-refractivity contribution >= 4 is 29.6 Å². The summed E-state index contributed by atoms with van der Waals surface area (Å²) in [6.07, 6.45) is 0.131. The Morgan fingerprint density at radius 1 is 0.756 bits per heavy atom. The van der Waals surface area contributed by atoms with E-state index in [2.05, 4.69) is 16.0 Å². The Morgan fingerprint density at radius 3 is 1.83 bits per heavy atom. The summed E-state index contributed by atoms with van der Waals surface area (Å²) in [7, 11) is 0. The van der Waals surface area contributed by atoms with Gasteiger partial charge in [-0.3, -0.25) is 19.2 Å². The summed E-state index contributed by atoms with van der Waals surface area (Å²) in [6.45, 7) is 3.70. The van der Waals surface area contributed by atoms with E-state index < -0.39 is 53.8 Å². The molecule has 0 aromatic heterocycles. The van der Waals surface area contributed by atoms with E-state index in [1.807, 2.05) is 13.8 Å². The number of hydrogen-bond donors (Lipinski definition) is 7. The lowest BCUT2D eigenvalue weighted by Gasteiger charge is -2.26.